The van der Waals surface area contributed by atoms with E-state index in [1.165, 1.54) is 5.56 Å². The fraction of sp³-hybridized carbons (Fsp3) is 0.273. The van der Waals surface area contributed by atoms with Gasteiger partial charge in [0, 0.05) is 33.4 Å². The summed E-state index contributed by atoms with van der Waals surface area (Å²) >= 11 is 7.81. The number of benzene rings is 3. The van der Waals surface area contributed by atoms with Crippen LogP contribution >= 0.6 is 23.4 Å². The van der Waals surface area contributed by atoms with Crippen molar-refractivity contribution in [2.75, 3.05) is 4.90 Å². The lowest BCUT2D eigenvalue weighted by atomic mass is 9.73. The third kappa shape index (κ3) is 5.12. The van der Waals surface area contributed by atoms with Gasteiger partial charge in [-0.2, -0.15) is 5.26 Å². The highest BCUT2D eigenvalue weighted by Crippen LogP contribution is 2.48. The molecule has 4 nitrogen and oxygen atoms in total. The van der Waals surface area contributed by atoms with Crippen LogP contribution in [0.4, 0.5) is 5.69 Å². The minimum absolute atomic E-state index is 0.110. The molecule has 1 unspecified atom stereocenters. The van der Waals surface area contributed by atoms with Gasteiger partial charge in [-0.3, -0.25) is 9.69 Å². The van der Waals surface area contributed by atoms with Crippen LogP contribution in [0, 0.1) is 25.2 Å². The second-order valence-corrected chi connectivity index (χ2v) is 11.7. The lowest BCUT2D eigenvalue weighted by Crippen LogP contribution is -2.39. The molecule has 0 aromatic heterocycles. The average Bonchev–Trinajstić information content (AvgIpc) is 2.94. The molecule has 198 valence electrons. The number of anilines is 1. The van der Waals surface area contributed by atoms with Gasteiger partial charge in [0.15, 0.2) is 5.78 Å². The van der Waals surface area contributed by atoms with Gasteiger partial charge in [0.2, 0.25) is 0 Å². The molecular weight excluding hydrogens is 522 g/mol. The lowest BCUT2D eigenvalue weighted by Gasteiger charge is -2.40. The predicted octanol–water partition coefficient (Wildman–Crippen LogP) is 8.12. The van der Waals surface area contributed by atoms with E-state index in [-0.39, 0.29) is 5.78 Å². The number of rotatable bonds is 6. The maximum Gasteiger partial charge on any atom is 0.161 e. The number of thioether (sulfide) groups is 1. The molecule has 6 heteroatoms. The SMILES string of the molecule is CCc1ccccc1N1C(N)=C(C#N)C(c2cc(C)cc(CSc3ccc(Cl)cc3)c2C)C2=C1CCCC2=O. The zero-order valence-corrected chi connectivity index (χ0v) is 24.1. The Balaban J connectivity index is 1.64. The van der Waals surface area contributed by atoms with Crippen LogP contribution in [0.25, 0.3) is 0 Å². The largest absolute Gasteiger partial charge is 0.384 e. The predicted molar refractivity (Wildman–Crippen MR) is 161 cm³/mol. The molecule has 0 amide bonds. The topological polar surface area (TPSA) is 70.1 Å². The zero-order chi connectivity index (χ0) is 27.7. The van der Waals surface area contributed by atoms with Crippen molar-refractivity contribution >= 4 is 34.8 Å². The smallest absolute Gasteiger partial charge is 0.161 e. The first-order valence-corrected chi connectivity index (χ1v) is 14.7. The molecule has 1 heterocycles. The molecule has 39 heavy (non-hydrogen) atoms. The molecule has 0 fully saturated rings. The molecule has 3 aromatic rings. The summed E-state index contributed by atoms with van der Waals surface area (Å²) in [6.07, 6.45) is 2.84. The number of hydrogen-bond acceptors (Lipinski definition) is 5. The Hall–Kier alpha value is -3.46. The summed E-state index contributed by atoms with van der Waals surface area (Å²) in [6.45, 7) is 6.28. The number of allylic oxidation sites excluding steroid dienone is 3. The number of nitrogens with two attached hydrogens (primary N) is 1. The monoisotopic (exact) mass is 553 g/mol. The van der Waals surface area contributed by atoms with E-state index < -0.39 is 5.92 Å². The number of carbonyl (C=O) groups is 1. The zero-order valence-electron chi connectivity index (χ0n) is 22.6. The summed E-state index contributed by atoms with van der Waals surface area (Å²) in [5, 5.41) is 11.2. The number of nitrogens with zero attached hydrogens (tertiary/aromatic N) is 2. The molecule has 3 aromatic carbocycles. The summed E-state index contributed by atoms with van der Waals surface area (Å²) < 4.78 is 0. The standard InChI is InChI=1S/C33H32ClN3OS/c1-4-22-8-5-6-9-28(22)37-29-10-7-11-30(38)32(29)31(27(18-35)33(37)36)26-17-20(2)16-23(21(26)3)19-39-25-14-12-24(34)13-15-25/h5-6,8-9,12-17,31H,4,7,10-11,19,36H2,1-3H3. The van der Waals surface area contributed by atoms with E-state index in [2.05, 4.69) is 45.0 Å². The van der Waals surface area contributed by atoms with Crippen molar-refractivity contribution in [3.63, 3.8) is 0 Å². The van der Waals surface area contributed by atoms with E-state index in [4.69, 9.17) is 17.3 Å². The number of halogens is 1. The van der Waals surface area contributed by atoms with Crippen LogP contribution in [-0.4, -0.2) is 5.78 Å². The third-order valence-corrected chi connectivity index (χ3v) is 9.06. The highest BCUT2D eigenvalue weighted by molar-refractivity contribution is 7.98. The Kier molecular flexibility index (Phi) is 7.88. The number of aryl methyl sites for hydroxylation is 2. The Morgan fingerprint density at radius 1 is 1.08 bits per heavy atom. The highest BCUT2D eigenvalue weighted by atomic mass is 35.5. The summed E-state index contributed by atoms with van der Waals surface area (Å²) in [4.78, 5) is 16.8. The van der Waals surface area contributed by atoms with Crippen molar-refractivity contribution in [1.29, 1.82) is 5.26 Å². The van der Waals surface area contributed by atoms with Gasteiger partial charge in [0.05, 0.1) is 23.2 Å². The molecule has 0 saturated heterocycles. The molecule has 2 N–H and O–H groups in total. The first-order valence-electron chi connectivity index (χ1n) is 13.4. The number of Topliss-reactive ketones (excluding diaryl/α,β-unsaturated/α-hetero) is 1. The number of ketones is 1. The molecular formula is C33H32ClN3OS. The number of para-hydroxylation sites is 1. The van der Waals surface area contributed by atoms with Crippen LogP contribution in [0.3, 0.4) is 0 Å². The second kappa shape index (κ2) is 11.3. The van der Waals surface area contributed by atoms with Crippen LogP contribution in [0.5, 0.6) is 0 Å². The number of carbonyl (C=O) groups excluding carboxylic acids is 1. The van der Waals surface area contributed by atoms with Crippen molar-refractivity contribution in [3.05, 3.63) is 116 Å². The van der Waals surface area contributed by atoms with Gasteiger partial charge >= 0.3 is 0 Å². The normalized spacial score (nSPS) is 17.4. The lowest BCUT2D eigenvalue weighted by molar-refractivity contribution is -0.116. The fourth-order valence-corrected chi connectivity index (χ4v) is 6.88. The third-order valence-electron chi connectivity index (χ3n) is 7.75. The molecule has 0 saturated carbocycles. The Bertz CT molecular complexity index is 1550. The molecule has 0 radical (unpaired) electrons. The highest BCUT2D eigenvalue weighted by Gasteiger charge is 2.41. The Morgan fingerprint density at radius 2 is 1.82 bits per heavy atom. The number of nitriles is 1. The van der Waals surface area contributed by atoms with Gasteiger partial charge in [0.1, 0.15) is 5.82 Å². The van der Waals surface area contributed by atoms with Gasteiger partial charge in [0.25, 0.3) is 0 Å². The summed E-state index contributed by atoms with van der Waals surface area (Å²) in [5.41, 5.74) is 15.4. The number of hydrogen-bond donors (Lipinski definition) is 1. The summed E-state index contributed by atoms with van der Waals surface area (Å²) in [7, 11) is 0. The molecule has 1 aliphatic carbocycles. The molecule has 1 atom stereocenters. The minimum Gasteiger partial charge on any atom is -0.384 e. The van der Waals surface area contributed by atoms with E-state index in [0.29, 0.717) is 17.8 Å². The molecule has 1 aliphatic heterocycles. The van der Waals surface area contributed by atoms with Gasteiger partial charge in [-0.15, -0.1) is 11.8 Å². The van der Waals surface area contributed by atoms with Gasteiger partial charge in [-0.25, -0.2) is 0 Å². The minimum atomic E-state index is -0.470. The van der Waals surface area contributed by atoms with E-state index in [9.17, 15) is 10.1 Å². The van der Waals surface area contributed by atoms with E-state index >= 15 is 0 Å². The molecule has 0 bridgehead atoms. The maximum absolute atomic E-state index is 13.7. The van der Waals surface area contributed by atoms with E-state index in [1.807, 2.05) is 47.4 Å². The summed E-state index contributed by atoms with van der Waals surface area (Å²) in [6, 6.07) is 22.7. The van der Waals surface area contributed by atoms with Crippen molar-refractivity contribution in [3.8, 4) is 6.07 Å². The van der Waals surface area contributed by atoms with Crippen LogP contribution in [0.2, 0.25) is 5.02 Å². The van der Waals surface area contributed by atoms with Crippen molar-refractivity contribution in [2.24, 2.45) is 5.73 Å². The van der Waals surface area contributed by atoms with Crippen LogP contribution in [0.1, 0.15) is 59.9 Å². The Labute approximate surface area is 240 Å². The summed E-state index contributed by atoms with van der Waals surface area (Å²) in [5.74, 6) is 0.835. The molecule has 0 spiro atoms. The molecule has 5 rings (SSSR count). The van der Waals surface area contributed by atoms with Crippen LogP contribution in [0.15, 0.2) is 88.2 Å². The second-order valence-electron chi connectivity index (χ2n) is 10.2. The first kappa shape index (κ1) is 27.1. The quantitative estimate of drug-likeness (QED) is 0.312. The van der Waals surface area contributed by atoms with Gasteiger partial charge in [-0.05, 0) is 85.7 Å². The van der Waals surface area contributed by atoms with Crippen molar-refractivity contribution in [2.45, 2.75) is 63.0 Å². The maximum atomic E-state index is 13.7. The average molecular weight is 554 g/mol. The fourth-order valence-electron chi connectivity index (χ4n) is 5.81. The van der Waals surface area contributed by atoms with Gasteiger partial charge in [-0.1, -0.05) is 54.4 Å². The van der Waals surface area contributed by atoms with Crippen molar-refractivity contribution in [1.82, 2.24) is 0 Å². The van der Waals surface area contributed by atoms with Crippen LogP contribution in [-0.2, 0) is 17.0 Å². The van der Waals surface area contributed by atoms with Crippen LogP contribution < -0.4 is 10.6 Å². The van der Waals surface area contributed by atoms with Crippen molar-refractivity contribution < 1.29 is 4.79 Å². The van der Waals surface area contributed by atoms with Gasteiger partial charge < -0.3 is 5.73 Å². The first-order chi connectivity index (χ1) is 18.8. The van der Waals surface area contributed by atoms with E-state index in [1.54, 1.807) is 11.8 Å². The molecule has 2 aliphatic rings. The Morgan fingerprint density at radius 3 is 2.54 bits per heavy atom. The van der Waals surface area contributed by atoms with E-state index in [0.717, 1.165) is 74.1 Å².